The molecule has 0 aliphatic carbocycles. The van der Waals surface area contributed by atoms with Crippen LogP contribution in [-0.2, 0) is 9.53 Å². The van der Waals surface area contributed by atoms with Gasteiger partial charge in [0.15, 0.2) is 6.10 Å². The summed E-state index contributed by atoms with van der Waals surface area (Å²) in [7, 11) is 0. The van der Waals surface area contributed by atoms with Crippen LogP contribution in [0.3, 0.4) is 0 Å². The van der Waals surface area contributed by atoms with Crippen LogP contribution in [0.1, 0.15) is 37.8 Å². The van der Waals surface area contributed by atoms with E-state index in [0.29, 0.717) is 18.8 Å². The second-order valence-electron chi connectivity index (χ2n) is 4.52. The lowest BCUT2D eigenvalue weighted by Crippen LogP contribution is -2.29. The predicted octanol–water partition coefficient (Wildman–Crippen LogP) is 4.18. The van der Waals surface area contributed by atoms with Gasteiger partial charge in [-0.3, -0.25) is 0 Å². The van der Waals surface area contributed by atoms with Crippen LogP contribution in [0, 0.1) is 13.8 Å². The Morgan fingerprint density at radius 1 is 1.26 bits per heavy atom. The minimum absolute atomic E-state index is 0.289. The van der Waals surface area contributed by atoms with Gasteiger partial charge in [0, 0.05) is 4.47 Å². The summed E-state index contributed by atoms with van der Waals surface area (Å²) in [4.78, 5) is 11.8. The Morgan fingerprint density at radius 2 is 1.84 bits per heavy atom. The summed E-state index contributed by atoms with van der Waals surface area (Å²) in [6, 6.07) is 3.86. The maximum Gasteiger partial charge on any atom is 0.347 e. The van der Waals surface area contributed by atoms with Crippen LogP contribution in [0.15, 0.2) is 16.6 Å². The molecule has 0 aliphatic rings. The molecule has 0 amide bonds. The first-order valence-corrected chi connectivity index (χ1v) is 7.38. The van der Waals surface area contributed by atoms with Crippen LogP contribution >= 0.6 is 15.9 Å². The fourth-order valence-electron chi connectivity index (χ4n) is 1.86. The van der Waals surface area contributed by atoms with Gasteiger partial charge < -0.3 is 9.47 Å². The molecular formula is C15H21BrO3. The molecule has 4 heteroatoms. The summed E-state index contributed by atoms with van der Waals surface area (Å²) in [5, 5.41) is 0. The van der Waals surface area contributed by atoms with Crippen LogP contribution in [0.5, 0.6) is 5.75 Å². The van der Waals surface area contributed by atoms with E-state index >= 15 is 0 Å². The molecule has 0 aromatic heterocycles. The number of hydrogen-bond donors (Lipinski definition) is 0. The molecule has 3 nitrogen and oxygen atoms in total. The van der Waals surface area contributed by atoms with Gasteiger partial charge >= 0.3 is 5.97 Å². The highest BCUT2D eigenvalue weighted by Crippen LogP contribution is 2.27. The largest absolute Gasteiger partial charge is 0.479 e. The number of carbonyl (C=O) groups excluding carboxylic acids is 1. The molecule has 0 saturated carbocycles. The lowest BCUT2D eigenvalue weighted by atomic mass is 10.1. The number of benzene rings is 1. The van der Waals surface area contributed by atoms with Gasteiger partial charge in [0.2, 0.25) is 0 Å². The second kappa shape index (κ2) is 7.53. The monoisotopic (exact) mass is 328 g/mol. The van der Waals surface area contributed by atoms with Crippen molar-refractivity contribution in [1.29, 1.82) is 0 Å². The first-order chi connectivity index (χ1) is 8.99. The highest BCUT2D eigenvalue weighted by atomic mass is 79.9. The molecule has 19 heavy (non-hydrogen) atoms. The zero-order valence-corrected chi connectivity index (χ0v) is 13.5. The third kappa shape index (κ3) is 4.53. The van der Waals surface area contributed by atoms with E-state index in [2.05, 4.69) is 15.9 Å². The second-order valence-corrected chi connectivity index (χ2v) is 5.31. The minimum Gasteiger partial charge on any atom is -0.479 e. The third-order valence-corrected chi connectivity index (χ3v) is 4.04. The van der Waals surface area contributed by atoms with Crippen molar-refractivity contribution in [2.45, 2.75) is 46.6 Å². The molecule has 0 N–H and O–H groups in total. The number of carbonyl (C=O) groups is 1. The molecule has 0 fully saturated rings. The van der Waals surface area contributed by atoms with Gasteiger partial charge in [-0.25, -0.2) is 4.79 Å². The standard InChI is InChI=1S/C15H21BrO3/c1-5-7-13(15(17)18-6-2)19-12-8-10(3)14(16)11(4)9-12/h8-9,13H,5-7H2,1-4H3. The first-order valence-electron chi connectivity index (χ1n) is 6.59. The van der Waals surface area contributed by atoms with E-state index in [0.717, 1.165) is 22.0 Å². The number of esters is 1. The van der Waals surface area contributed by atoms with Gasteiger partial charge in [-0.2, -0.15) is 0 Å². The van der Waals surface area contributed by atoms with Gasteiger partial charge in [0.05, 0.1) is 6.61 Å². The van der Waals surface area contributed by atoms with E-state index in [9.17, 15) is 4.79 Å². The smallest absolute Gasteiger partial charge is 0.347 e. The molecule has 1 atom stereocenters. The molecule has 0 aliphatic heterocycles. The lowest BCUT2D eigenvalue weighted by Gasteiger charge is -2.18. The number of aryl methyl sites for hydroxylation is 2. The zero-order chi connectivity index (χ0) is 14.4. The van der Waals surface area contributed by atoms with E-state index < -0.39 is 6.10 Å². The van der Waals surface area contributed by atoms with E-state index in [4.69, 9.17) is 9.47 Å². The van der Waals surface area contributed by atoms with Crippen LogP contribution < -0.4 is 4.74 Å². The van der Waals surface area contributed by atoms with Crippen molar-refractivity contribution in [3.63, 3.8) is 0 Å². The minimum atomic E-state index is -0.523. The van der Waals surface area contributed by atoms with E-state index in [-0.39, 0.29) is 5.97 Å². The number of hydrogen-bond acceptors (Lipinski definition) is 3. The Hall–Kier alpha value is -1.03. The maximum atomic E-state index is 11.8. The first kappa shape index (κ1) is 16.0. The van der Waals surface area contributed by atoms with Gasteiger partial charge in [0.1, 0.15) is 5.75 Å². The Morgan fingerprint density at radius 3 is 2.32 bits per heavy atom. The lowest BCUT2D eigenvalue weighted by molar-refractivity contribution is -0.151. The van der Waals surface area contributed by atoms with Gasteiger partial charge in [-0.1, -0.05) is 29.3 Å². The molecule has 106 valence electrons. The van der Waals surface area contributed by atoms with Gasteiger partial charge in [-0.05, 0) is 50.5 Å². The summed E-state index contributed by atoms with van der Waals surface area (Å²) < 4.78 is 11.9. The molecule has 0 spiro atoms. The van der Waals surface area contributed by atoms with Gasteiger partial charge in [0.25, 0.3) is 0 Å². The molecule has 1 unspecified atom stereocenters. The number of halogens is 1. The van der Waals surface area contributed by atoms with Crippen LogP contribution in [-0.4, -0.2) is 18.7 Å². The van der Waals surface area contributed by atoms with E-state index in [1.165, 1.54) is 0 Å². The summed E-state index contributed by atoms with van der Waals surface area (Å²) in [5.74, 6) is 0.423. The number of ether oxygens (including phenoxy) is 2. The third-order valence-electron chi connectivity index (χ3n) is 2.79. The molecular weight excluding hydrogens is 308 g/mol. The summed E-state index contributed by atoms with van der Waals surface area (Å²) >= 11 is 3.52. The molecule has 1 aromatic rings. The fraction of sp³-hybridized carbons (Fsp3) is 0.533. The van der Waals surface area contributed by atoms with Crippen molar-refractivity contribution in [3.05, 3.63) is 27.7 Å². The van der Waals surface area contributed by atoms with Crippen molar-refractivity contribution >= 4 is 21.9 Å². The van der Waals surface area contributed by atoms with E-state index in [1.54, 1.807) is 6.92 Å². The summed E-state index contributed by atoms with van der Waals surface area (Å²) in [5.41, 5.74) is 2.18. The van der Waals surface area contributed by atoms with Crippen LogP contribution in [0.2, 0.25) is 0 Å². The van der Waals surface area contributed by atoms with Crippen molar-refractivity contribution in [2.24, 2.45) is 0 Å². The predicted molar refractivity (Wildman–Crippen MR) is 79.6 cm³/mol. The summed E-state index contributed by atoms with van der Waals surface area (Å²) in [6.07, 6.45) is 1.01. The van der Waals surface area contributed by atoms with Crippen molar-refractivity contribution in [2.75, 3.05) is 6.61 Å². The molecule has 0 radical (unpaired) electrons. The molecule has 1 rings (SSSR count). The van der Waals surface area contributed by atoms with Crippen LogP contribution in [0.4, 0.5) is 0 Å². The quantitative estimate of drug-likeness (QED) is 0.735. The van der Waals surface area contributed by atoms with E-state index in [1.807, 2.05) is 32.9 Å². The molecule has 1 aromatic carbocycles. The average Bonchev–Trinajstić information content (AvgIpc) is 2.35. The van der Waals surface area contributed by atoms with Crippen LogP contribution in [0.25, 0.3) is 0 Å². The van der Waals surface area contributed by atoms with Crippen molar-refractivity contribution in [3.8, 4) is 5.75 Å². The Balaban J connectivity index is 2.87. The average molecular weight is 329 g/mol. The summed E-state index contributed by atoms with van der Waals surface area (Å²) in [6.45, 7) is 8.20. The normalized spacial score (nSPS) is 12.1. The molecule has 0 bridgehead atoms. The highest BCUT2D eigenvalue weighted by Gasteiger charge is 2.21. The SMILES string of the molecule is CCCC(Oc1cc(C)c(Br)c(C)c1)C(=O)OCC. The zero-order valence-electron chi connectivity index (χ0n) is 12.0. The molecule has 0 saturated heterocycles. The number of rotatable bonds is 6. The maximum absolute atomic E-state index is 11.8. The highest BCUT2D eigenvalue weighted by molar-refractivity contribution is 9.10. The molecule has 0 heterocycles. The Kier molecular flexibility index (Phi) is 6.35. The van der Waals surface area contributed by atoms with Gasteiger partial charge in [-0.15, -0.1) is 0 Å². The Labute approximate surface area is 123 Å². The van der Waals surface area contributed by atoms with Crippen molar-refractivity contribution in [1.82, 2.24) is 0 Å². The topological polar surface area (TPSA) is 35.5 Å². The van der Waals surface area contributed by atoms with Crippen molar-refractivity contribution < 1.29 is 14.3 Å². The fourth-order valence-corrected chi connectivity index (χ4v) is 2.09. The Bertz CT molecular complexity index is 420.